The van der Waals surface area contributed by atoms with Gasteiger partial charge in [0, 0.05) is 14.1 Å². The van der Waals surface area contributed by atoms with Crippen LogP contribution in [0.1, 0.15) is 6.92 Å². The normalized spacial score (nSPS) is 12.3. The lowest BCUT2D eigenvalue weighted by Crippen LogP contribution is -2.48. The number of carbonyl (C=O) groups is 1. The number of rotatable bonds is 10. The van der Waals surface area contributed by atoms with Gasteiger partial charge < -0.3 is 14.8 Å². The van der Waals surface area contributed by atoms with Crippen LogP contribution >= 0.6 is 0 Å². The molecule has 1 atom stereocenters. The molecule has 2 aromatic rings. The van der Waals surface area contributed by atoms with Crippen LogP contribution in [-0.2, 0) is 15.0 Å². The minimum Gasteiger partial charge on any atom is -0.497 e. The van der Waals surface area contributed by atoms with Crippen LogP contribution in [0.25, 0.3) is 0 Å². The molecule has 1 unspecified atom stereocenters. The lowest BCUT2D eigenvalue weighted by atomic mass is 10.3. The molecule has 0 heterocycles. The van der Waals surface area contributed by atoms with E-state index in [4.69, 9.17) is 9.47 Å². The summed E-state index contributed by atoms with van der Waals surface area (Å²) >= 11 is 0. The number of benzene rings is 2. The summed E-state index contributed by atoms with van der Waals surface area (Å²) in [5.74, 6) is 0.944. The molecular formula is C20H27N3O5S. The Balaban J connectivity index is 1.98. The Morgan fingerprint density at radius 2 is 1.62 bits per heavy atom. The molecule has 0 saturated heterocycles. The number of para-hydroxylation sites is 1. The Kier molecular flexibility index (Phi) is 7.86. The first kappa shape index (κ1) is 22.5. The van der Waals surface area contributed by atoms with Crippen molar-refractivity contribution < 1.29 is 22.7 Å². The van der Waals surface area contributed by atoms with Crippen molar-refractivity contribution in [2.75, 3.05) is 38.7 Å². The van der Waals surface area contributed by atoms with Gasteiger partial charge in [-0.3, -0.25) is 4.79 Å². The van der Waals surface area contributed by atoms with Crippen molar-refractivity contribution in [2.45, 2.75) is 13.0 Å². The topological polar surface area (TPSA) is 88.2 Å². The molecule has 0 fully saturated rings. The van der Waals surface area contributed by atoms with Gasteiger partial charge in [-0.05, 0) is 43.3 Å². The van der Waals surface area contributed by atoms with Crippen LogP contribution in [0.5, 0.6) is 11.5 Å². The Labute approximate surface area is 172 Å². The predicted octanol–water partition coefficient (Wildman–Crippen LogP) is 1.89. The smallest absolute Gasteiger partial charge is 0.304 e. The van der Waals surface area contributed by atoms with E-state index < -0.39 is 16.1 Å². The fourth-order valence-corrected chi connectivity index (χ4v) is 3.55. The highest BCUT2D eigenvalue weighted by Crippen LogP contribution is 2.19. The van der Waals surface area contributed by atoms with Crippen LogP contribution in [0, 0.1) is 0 Å². The molecule has 0 saturated carbocycles. The lowest BCUT2D eigenvalue weighted by Gasteiger charge is -2.27. The van der Waals surface area contributed by atoms with E-state index in [2.05, 4.69) is 5.32 Å². The van der Waals surface area contributed by atoms with Crippen LogP contribution in [0.4, 0.5) is 5.69 Å². The average molecular weight is 422 g/mol. The molecule has 1 N–H and O–H groups in total. The van der Waals surface area contributed by atoms with E-state index in [1.165, 1.54) is 14.1 Å². The second-order valence-corrected chi connectivity index (χ2v) is 8.65. The number of carbonyl (C=O) groups excluding carboxylic acids is 1. The first-order valence-electron chi connectivity index (χ1n) is 9.05. The van der Waals surface area contributed by atoms with Crippen molar-refractivity contribution in [3.05, 3.63) is 54.6 Å². The van der Waals surface area contributed by atoms with Gasteiger partial charge in [0.25, 0.3) is 0 Å². The highest BCUT2D eigenvalue weighted by Gasteiger charge is 2.27. The summed E-state index contributed by atoms with van der Waals surface area (Å²) in [6.45, 7) is 1.69. The van der Waals surface area contributed by atoms with Crippen molar-refractivity contribution in [3.63, 3.8) is 0 Å². The Hall–Kier alpha value is -2.78. The van der Waals surface area contributed by atoms with E-state index in [-0.39, 0.29) is 19.2 Å². The number of hydrogen-bond donors (Lipinski definition) is 1. The molecule has 0 spiro atoms. The van der Waals surface area contributed by atoms with Gasteiger partial charge >= 0.3 is 10.2 Å². The summed E-state index contributed by atoms with van der Waals surface area (Å²) in [7, 11) is 0.614. The first-order chi connectivity index (χ1) is 13.7. The molecule has 8 nitrogen and oxygen atoms in total. The van der Waals surface area contributed by atoms with Gasteiger partial charge in [0.2, 0.25) is 5.91 Å². The molecule has 0 radical (unpaired) electrons. The third-order valence-corrected chi connectivity index (χ3v) is 5.86. The summed E-state index contributed by atoms with van der Waals surface area (Å²) in [4.78, 5) is 12.5. The fourth-order valence-electron chi connectivity index (χ4n) is 2.48. The SMILES string of the molecule is COc1ccc(OCC(C)NC(=O)CN(c2ccccc2)S(=O)(=O)N(C)C)cc1. The number of amides is 1. The molecule has 29 heavy (non-hydrogen) atoms. The zero-order valence-corrected chi connectivity index (χ0v) is 17.8. The molecule has 0 aliphatic rings. The zero-order valence-electron chi connectivity index (χ0n) is 17.0. The minimum absolute atomic E-state index is 0.240. The number of hydrogen-bond acceptors (Lipinski definition) is 5. The summed E-state index contributed by atoms with van der Waals surface area (Å²) in [6, 6.07) is 15.3. The lowest BCUT2D eigenvalue weighted by molar-refractivity contribution is -0.120. The van der Waals surface area contributed by atoms with Gasteiger partial charge in [-0.25, -0.2) is 4.31 Å². The van der Waals surface area contributed by atoms with Gasteiger partial charge in [0.1, 0.15) is 24.7 Å². The zero-order chi connectivity index (χ0) is 21.4. The molecule has 2 rings (SSSR count). The van der Waals surface area contributed by atoms with Crippen molar-refractivity contribution in [1.82, 2.24) is 9.62 Å². The number of nitrogens with zero attached hydrogens (tertiary/aromatic N) is 2. The molecule has 158 valence electrons. The third-order valence-electron chi connectivity index (χ3n) is 4.04. The van der Waals surface area contributed by atoms with E-state index in [1.807, 2.05) is 0 Å². The number of ether oxygens (including phenoxy) is 2. The predicted molar refractivity (Wildman–Crippen MR) is 112 cm³/mol. The average Bonchev–Trinajstić information content (AvgIpc) is 2.71. The first-order valence-corrected chi connectivity index (χ1v) is 10.4. The highest BCUT2D eigenvalue weighted by atomic mass is 32.2. The van der Waals surface area contributed by atoms with Crippen LogP contribution in [0.15, 0.2) is 54.6 Å². The minimum atomic E-state index is -3.82. The van der Waals surface area contributed by atoms with Crippen LogP contribution in [-0.4, -0.2) is 59.0 Å². The van der Waals surface area contributed by atoms with E-state index in [0.29, 0.717) is 11.4 Å². The second-order valence-electron chi connectivity index (χ2n) is 6.59. The quantitative estimate of drug-likeness (QED) is 0.633. The van der Waals surface area contributed by atoms with Crippen LogP contribution < -0.4 is 19.1 Å². The molecule has 0 aromatic heterocycles. The van der Waals surface area contributed by atoms with Gasteiger partial charge in [-0.1, -0.05) is 18.2 Å². The summed E-state index contributed by atoms with van der Waals surface area (Å²) in [5, 5.41) is 2.77. The van der Waals surface area contributed by atoms with Gasteiger partial charge in [0.15, 0.2) is 0 Å². The molecule has 1 amide bonds. The van der Waals surface area contributed by atoms with Crippen molar-refractivity contribution in [1.29, 1.82) is 0 Å². The second kappa shape index (κ2) is 10.1. The molecule has 0 aliphatic carbocycles. The van der Waals surface area contributed by atoms with E-state index in [0.717, 1.165) is 14.4 Å². The molecule has 0 bridgehead atoms. The molecule has 0 aliphatic heterocycles. The van der Waals surface area contributed by atoms with Crippen molar-refractivity contribution in [3.8, 4) is 11.5 Å². The van der Waals surface area contributed by atoms with Gasteiger partial charge in [0.05, 0.1) is 18.8 Å². The maximum atomic E-state index is 12.7. The summed E-state index contributed by atoms with van der Waals surface area (Å²) < 4.78 is 38.2. The highest BCUT2D eigenvalue weighted by molar-refractivity contribution is 7.90. The summed E-state index contributed by atoms with van der Waals surface area (Å²) in [6.07, 6.45) is 0. The van der Waals surface area contributed by atoms with E-state index >= 15 is 0 Å². The maximum absolute atomic E-state index is 12.7. The van der Waals surface area contributed by atoms with Crippen molar-refractivity contribution in [2.24, 2.45) is 0 Å². The van der Waals surface area contributed by atoms with Crippen LogP contribution in [0.3, 0.4) is 0 Å². The van der Waals surface area contributed by atoms with E-state index in [9.17, 15) is 13.2 Å². The monoisotopic (exact) mass is 421 g/mol. The van der Waals surface area contributed by atoms with Gasteiger partial charge in [-0.15, -0.1) is 0 Å². The number of anilines is 1. The third kappa shape index (κ3) is 6.37. The standard InChI is InChI=1S/C20H27N3O5S/c1-16(15-28-19-12-10-18(27-4)11-13-19)21-20(24)14-23(29(25,26)22(2)3)17-8-6-5-7-9-17/h5-13,16H,14-15H2,1-4H3,(H,21,24). The largest absolute Gasteiger partial charge is 0.497 e. The Morgan fingerprint density at radius 3 is 2.17 bits per heavy atom. The van der Waals surface area contributed by atoms with E-state index in [1.54, 1.807) is 68.6 Å². The molecule has 2 aromatic carbocycles. The van der Waals surface area contributed by atoms with Crippen LogP contribution in [0.2, 0.25) is 0 Å². The Bertz CT molecular complexity index is 886. The molecule has 9 heteroatoms. The Morgan fingerprint density at radius 1 is 1.03 bits per heavy atom. The molecular weight excluding hydrogens is 394 g/mol. The van der Waals surface area contributed by atoms with Gasteiger partial charge in [-0.2, -0.15) is 12.7 Å². The number of nitrogens with one attached hydrogen (secondary N) is 1. The maximum Gasteiger partial charge on any atom is 0.304 e. The summed E-state index contributed by atoms with van der Waals surface area (Å²) in [5.41, 5.74) is 0.415. The van der Waals surface area contributed by atoms with Crippen molar-refractivity contribution >= 4 is 21.8 Å². The fraction of sp³-hybridized carbons (Fsp3) is 0.350. The number of methoxy groups -OCH3 is 1.